The van der Waals surface area contributed by atoms with Gasteiger partial charge in [0.25, 0.3) is 0 Å². The highest BCUT2D eigenvalue weighted by Crippen LogP contribution is 2.28. The maximum Gasteiger partial charge on any atom is 0.0195 e. The van der Waals surface area contributed by atoms with Crippen LogP contribution < -0.4 is 5.32 Å². The highest BCUT2D eigenvalue weighted by atomic mass is 15.2. The Bertz CT molecular complexity index is 209. The Balaban J connectivity index is 2.34. The van der Waals surface area contributed by atoms with Crippen LogP contribution >= 0.6 is 0 Å². The SMILES string of the molecule is CCCCN(C(C)CNC(C)(C)CC)C1CC1. The van der Waals surface area contributed by atoms with Crippen LogP contribution in [0.1, 0.15) is 66.7 Å². The summed E-state index contributed by atoms with van der Waals surface area (Å²) < 4.78 is 0. The predicted molar refractivity (Wildman–Crippen MR) is 76.5 cm³/mol. The molecule has 17 heavy (non-hydrogen) atoms. The molecule has 0 aliphatic heterocycles. The van der Waals surface area contributed by atoms with E-state index in [0.717, 1.165) is 12.6 Å². The molecule has 1 unspecified atom stereocenters. The van der Waals surface area contributed by atoms with Gasteiger partial charge in [-0.05, 0) is 53.0 Å². The summed E-state index contributed by atoms with van der Waals surface area (Å²) in [7, 11) is 0. The minimum Gasteiger partial charge on any atom is -0.310 e. The van der Waals surface area contributed by atoms with Crippen LogP contribution in [0.25, 0.3) is 0 Å². The highest BCUT2D eigenvalue weighted by molar-refractivity contribution is 4.89. The van der Waals surface area contributed by atoms with Gasteiger partial charge >= 0.3 is 0 Å². The van der Waals surface area contributed by atoms with Gasteiger partial charge in [-0.15, -0.1) is 0 Å². The van der Waals surface area contributed by atoms with Gasteiger partial charge in [0.05, 0.1) is 0 Å². The lowest BCUT2D eigenvalue weighted by Gasteiger charge is -2.33. The highest BCUT2D eigenvalue weighted by Gasteiger charge is 2.31. The molecular weight excluding hydrogens is 208 g/mol. The number of nitrogens with one attached hydrogen (secondary N) is 1. The molecule has 1 rings (SSSR count). The third-order valence-corrected chi connectivity index (χ3v) is 4.11. The van der Waals surface area contributed by atoms with Crippen LogP contribution in [0.4, 0.5) is 0 Å². The lowest BCUT2D eigenvalue weighted by Crippen LogP contribution is -2.48. The topological polar surface area (TPSA) is 15.3 Å². The number of nitrogens with zero attached hydrogens (tertiary/aromatic N) is 1. The van der Waals surface area contributed by atoms with Crippen LogP contribution in [-0.2, 0) is 0 Å². The number of rotatable bonds is 9. The molecule has 0 saturated heterocycles. The van der Waals surface area contributed by atoms with Crippen LogP contribution in [0.3, 0.4) is 0 Å². The molecule has 0 spiro atoms. The summed E-state index contributed by atoms with van der Waals surface area (Å²) in [4.78, 5) is 2.72. The van der Waals surface area contributed by atoms with Crippen molar-refractivity contribution in [3.05, 3.63) is 0 Å². The summed E-state index contributed by atoms with van der Waals surface area (Å²) in [6.45, 7) is 13.9. The monoisotopic (exact) mass is 240 g/mol. The molecule has 0 bridgehead atoms. The zero-order valence-corrected chi connectivity index (χ0v) is 12.6. The molecule has 1 N–H and O–H groups in total. The Morgan fingerprint density at radius 1 is 1.29 bits per heavy atom. The maximum absolute atomic E-state index is 3.71. The molecule has 1 atom stereocenters. The largest absolute Gasteiger partial charge is 0.310 e. The first-order valence-electron chi connectivity index (χ1n) is 7.51. The Hall–Kier alpha value is -0.0800. The Labute approximate surface area is 108 Å². The van der Waals surface area contributed by atoms with Crippen LogP contribution in [0.2, 0.25) is 0 Å². The van der Waals surface area contributed by atoms with Crippen molar-refractivity contribution < 1.29 is 0 Å². The first-order valence-corrected chi connectivity index (χ1v) is 7.51. The van der Waals surface area contributed by atoms with Crippen LogP contribution in [-0.4, -0.2) is 35.6 Å². The molecule has 1 fully saturated rings. The molecule has 2 nitrogen and oxygen atoms in total. The molecule has 1 aliphatic rings. The maximum atomic E-state index is 3.71. The lowest BCUT2D eigenvalue weighted by atomic mass is 10.0. The van der Waals surface area contributed by atoms with E-state index in [2.05, 4.69) is 44.8 Å². The minimum atomic E-state index is 0.286. The summed E-state index contributed by atoms with van der Waals surface area (Å²) >= 11 is 0. The third kappa shape index (κ3) is 5.39. The Kier molecular flexibility index (Phi) is 5.94. The van der Waals surface area contributed by atoms with Gasteiger partial charge < -0.3 is 5.32 Å². The second-order valence-corrected chi connectivity index (χ2v) is 6.29. The smallest absolute Gasteiger partial charge is 0.0195 e. The molecular formula is C15H32N2. The molecule has 1 saturated carbocycles. The molecule has 0 amide bonds. The van der Waals surface area contributed by atoms with Crippen molar-refractivity contribution in [2.45, 2.75) is 84.3 Å². The summed E-state index contributed by atoms with van der Waals surface area (Å²) in [5, 5.41) is 3.71. The van der Waals surface area contributed by atoms with Crippen LogP contribution in [0.5, 0.6) is 0 Å². The number of unbranched alkanes of at least 4 members (excludes halogenated alkanes) is 1. The zero-order chi connectivity index (χ0) is 12.9. The van der Waals surface area contributed by atoms with E-state index >= 15 is 0 Å². The van der Waals surface area contributed by atoms with E-state index in [1.54, 1.807) is 0 Å². The van der Waals surface area contributed by atoms with Gasteiger partial charge in [-0.3, -0.25) is 4.90 Å². The molecule has 102 valence electrons. The van der Waals surface area contributed by atoms with E-state index < -0.39 is 0 Å². The van der Waals surface area contributed by atoms with Crippen molar-refractivity contribution in [2.24, 2.45) is 0 Å². The number of hydrogen-bond acceptors (Lipinski definition) is 2. The molecule has 1 aliphatic carbocycles. The van der Waals surface area contributed by atoms with E-state index in [-0.39, 0.29) is 5.54 Å². The van der Waals surface area contributed by atoms with Crippen molar-refractivity contribution in [1.29, 1.82) is 0 Å². The molecule has 0 heterocycles. The standard InChI is InChI=1S/C15H32N2/c1-6-8-11-17(14-9-10-14)13(3)12-16-15(4,5)7-2/h13-14,16H,6-12H2,1-5H3. The predicted octanol–water partition coefficient (Wildman–Crippen LogP) is 3.42. The van der Waals surface area contributed by atoms with Gasteiger partial charge in [0.1, 0.15) is 0 Å². The molecule has 0 radical (unpaired) electrons. The van der Waals surface area contributed by atoms with Crippen molar-refractivity contribution in [1.82, 2.24) is 10.2 Å². The first-order chi connectivity index (χ1) is 8.00. The number of hydrogen-bond donors (Lipinski definition) is 1. The van der Waals surface area contributed by atoms with Crippen molar-refractivity contribution in [3.63, 3.8) is 0 Å². The molecule has 2 heteroatoms. The van der Waals surface area contributed by atoms with E-state index in [9.17, 15) is 0 Å². The van der Waals surface area contributed by atoms with Crippen LogP contribution in [0.15, 0.2) is 0 Å². The van der Waals surface area contributed by atoms with E-state index in [1.807, 2.05) is 0 Å². The van der Waals surface area contributed by atoms with E-state index in [4.69, 9.17) is 0 Å². The van der Waals surface area contributed by atoms with Crippen LogP contribution in [0, 0.1) is 0 Å². The molecule has 0 aromatic rings. The Morgan fingerprint density at radius 2 is 1.94 bits per heavy atom. The van der Waals surface area contributed by atoms with Gasteiger partial charge in [0.15, 0.2) is 0 Å². The quantitative estimate of drug-likeness (QED) is 0.664. The second kappa shape index (κ2) is 6.75. The average molecular weight is 240 g/mol. The molecule has 0 aromatic carbocycles. The third-order valence-electron chi connectivity index (χ3n) is 4.11. The fourth-order valence-electron chi connectivity index (χ4n) is 2.18. The summed E-state index contributed by atoms with van der Waals surface area (Å²) in [6, 6.07) is 1.57. The van der Waals surface area contributed by atoms with Crippen molar-refractivity contribution in [2.75, 3.05) is 13.1 Å². The van der Waals surface area contributed by atoms with E-state index in [0.29, 0.717) is 6.04 Å². The fourth-order valence-corrected chi connectivity index (χ4v) is 2.18. The molecule has 0 aromatic heterocycles. The summed E-state index contributed by atoms with van der Waals surface area (Å²) in [5.74, 6) is 0. The zero-order valence-electron chi connectivity index (χ0n) is 12.6. The second-order valence-electron chi connectivity index (χ2n) is 6.29. The van der Waals surface area contributed by atoms with Gasteiger partial charge in [-0.1, -0.05) is 20.3 Å². The fraction of sp³-hybridized carbons (Fsp3) is 1.00. The Morgan fingerprint density at radius 3 is 2.41 bits per heavy atom. The average Bonchev–Trinajstić information content (AvgIpc) is 3.11. The van der Waals surface area contributed by atoms with E-state index in [1.165, 1.54) is 38.6 Å². The van der Waals surface area contributed by atoms with Gasteiger partial charge in [0.2, 0.25) is 0 Å². The van der Waals surface area contributed by atoms with Gasteiger partial charge in [-0.2, -0.15) is 0 Å². The summed E-state index contributed by atoms with van der Waals surface area (Å²) in [5.41, 5.74) is 0.286. The minimum absolute atomic E-state index is 0.286. The van der Waals surface area contributed by atoms with Crippen molar-refractivity contribution in [3.8, 4) is 0 Å². The normalized spacial score (nSPS) is 18.7. The van der Waals surface area contributed by atoms with Gasteiger partial charge in [0, 0.05) is 24.2 Å². The van der Waals surface area contributed by atoms with Crippen molar-refractivity contribution >= 4 is 0 Å². The first kappa shape index (κ1) is 15.0. The summed E-state index contributed by atoms with van der Waals surface area (Å²) in [6.07, 6.45) is 6.69. The lowest BCUT2D eigenvalue weighted by molar-refractivity contribution is 0.180. The van der Waals surface area contributed by atoms with Gasteiger partial charge in [-0.25, -0.2) is 0 Å².